The molecule has 3 heterocycles. The molecule has 2 aliphatic rings. The van der Waals surface area contributed by atoms with Gasteiger partial charge in [0.1, 0.15) is 5.82 Å². The molecule has 0 radical (unpaired) electrons. The van der Waals surface area contributed by atoms with Crippen LogP contribution in [0.1, 0.15) is 43.8 Å². The Morgan fingerprint density at radius 1 is 1.27 bits per heavy atom. The first-order valence-corrected chi connectivity index (χ1v) is 9.36. The Balaban J connectivity index is 1.67. The summed E-state index contributed by atoms with van der Waals surface area (Å²) in [4.78, 5) is 0. The number of piperidine rings is 1. The zero-order chi connectivity index (χ0) is 15.2. The Hall–Kier alpha value is -0.850. The van der Waals surface area contributed by atoms with Crippen LogP contribution < -0.4 is 5.32 Å². The number of nitrogens with one attached hydrogen (secondary N) is 1. The van der Waals surface area contributed by atoms with Gasteiger partial charge in [-0.3, -0.25) is 0 Å². The first kappa shape index (κ1) is 16.0. The molecule has 0 bridgehead atoms. The number of hydrogen-bond donors (Lipinski definition) is 1. The van der Waals surface area contributed by atoms with Gasteiger partial charge >= 0.3 is 0 Å². The van der Waals surface area contributed by atoms with Crippen molar-refractivity contribution < 1.29 is 4.74 Å². The Morgan fingerprint density at radius 2 is 2.14 bits per heavy atom. The van der Waals surface area contributed by atoms with E-state index in [2.05, 4.69) is 26.7 Å². The molecule has 1 aromatic rings. The van der Waals surface area contributed by atoms with E-state index in [9.17, 15) is 0 Å². The van der Waals surface area contributed by atoms with E-state index in [0.717, 1.165) is 55.8 Å². The highest BCUT2D eigenvalue weighted by atomic mass is 32.2. The van der Waals surface area contributed by atoms with Crippen LogP contribution in [0.4, 0.5) is 0 Å². The average Bonchev–Trinajstić information content (AvgIpc) is 2.98. The molecule has 6 heteroatoms. The predicted molar refractivity (Wildman–Crippen MR) is 89.4 cm³/mol. The minimum absolute atomic E-state index is 0.370. The summed E-state index contributed by atoms with van der Waals surface area (Å²) in [6.45, 7) is 7.74. The lowest BCUT2D eigenvalue weighted by molar-refractivity contribution is 0.0315. The highest BCUT2D eigenvalue weighted by molar-refractivity contribution is 7.99. The van der Waals surface area contributed by atoms with Crippen LogP contribution in [0, 0.1) is 0 Å². The lowest BCUT2D eigenvalue weighted by Gasteiger charge is -2.23. The molecule has 5 nitrogen and oxygen atoms in total. The molecular formula is C16H26N4OS. The molecule has 2 saturated heterocycles. The van der Waals surface area contributed by atoms with Crippen LogP contribution in [0.25, 0.3) is 0 Å². The number of ether oxygens (including phenoxy) is 1. The van der Waals surface area contributed by atoms with Crippen LogP contribution >= 0.6 is 11.8 Å². The normalized spacial score (nSPS) is 23.5. The molecule has 1 N–H and O–H groups in total. The van der Waals surface area contributed by atoms with E-state index in [-0.39, 0.29) is 0 Å². The van der Waals surface area contributed by atoms with E-state index in [1.165, 1.54) is 19.3 Å². The van der Waals surface area contributed by atoms with Gasteiger partial charge < -0.3 is 14.6 Å². The van der Waals surface area contributed by atoms with E-state index in [1.54, 1.807) is 11.8 Å². The topological polar surface area (TPSA) is 52.0 Å². The maximum atomic E-state index is 5.82. The fraction of sp³-hybridized carbons (Fsp3) is 0.750. The van der Waals surface area contributed by atoms with Gasteiger partial charge in [0.25, 0.3) is 0 Å². The molecule has 2 fully saturated rings. The Morgan fingerprint density at radius 3 is 2.86 bits per heavy atom. The monoisotopic (exact) mass is 322 g/mol. The smallest absolute Gasteiger partial charge is 0.191 e. The third kappa shape index (κ3) is 3.91. The van der Waals surface area contributed by atoms with Gasteiger partial charge in [0, 0.05) is 24.8 Å². The van der Waals surface area contributed by atoms with Gasteiger partial charge in [-0.05, 0) is 45.2 Å². The number of hydrogen-bond acceptors (Lipinski definition) is 5. The maximum absolute atomic E-state index is 5.82. The third-order valence-corrected chi connectivity index (χ3v) is 5.53. The number of allylic oxidation sites excluding steroid dienone is 1. The molecule has 122 valence electrons. The van der Waals surface area contributed by atoms with E-state index >= 15 is 0 Å². The number of thioether (sulfide) groups is 1. The van der Waals surface area contributed by atoms with Crippen LogP contribution in [-0.2, 0) is 11.3 Å². The summed E-state index contributed by atoms with van der Waals surface area (Å²) in [6.07, 6.45) is 8.25. The van der Waals surface area contributed by atoms with Gasteiger partial charge in [-0.15, -0.1) is 16.8 Å². The summed E-state index contributed by atoms with van der Waals surface area (Å²) < 4.78 is 8.06. The van der Waals surface area contributed by atoms with Crippen molar-refractivity contribution in [2.24, 2.45) is 0 Å². The molecular weight excluding hydrogens is 296 g/mol. The van der Waals surface area contributed by atoms with Crippen LogP contribution in [0.5, 0.6) is 0 Å². The molecule has 0 saturated carbocycles. The Bertz CT molecular complexity index is 478. The van der Waals surface area contributed by atoms with Crippen LogP contribution in [0.15, 0.2) is 17.8 Å². The number of nitrogens with zero attached hydrogens (tertiary/aromatic N) is 3. The zero-order valence-electron chi connectivity index (χ0n) is 13.2. The second-order valence-corrected chi connectivity index (χ2v) is 7.05. The van der Waals surface area contributed by atoms with Crippen molar-refractivity contribution in [1.82, 2.24) is 20.1 Å². The summed E-state index contributed by atoms with van der Waals surface area (Å²) in [7, 11) is 0. The first-order chi connectivity index (χ1) is 10.9. The highest BCUT2D eigenvalue weighted by Gasteiger charge is 2.23. The highest BCUT2D eigenvalue weighted by Crippen LogP contribution is 2.28. The van der Waals surface area contributed by atoms with E-state index < -0.39 is 0 Å². The summed E-state index contributed by atoms with van der Waals surface area (Å²) in [6, 6.07) is 0. The molecule has 0 aliphatic carbocycles. The van der Waals surface area contributed by atoms with E-state index in [4.69, 9.17) is 4.74 Å². The second kappa shape index (κ2) is 8.13. The number of aromatic nitrogens is 3. The van der Waals surface area contributed by atoms with Crippen molar-refractivity contribution in [3.8, 4) is 0 Å². The minimum atomic E-state index is 0.370. The summed E-state index contributed by atoms with van der Waals surface area (Å²) >= 11 is 1.78. The van der Waals surface area contributed by atoms with Crippen molar-refractivity contribution in [3.63, 3.8) is 0 Å². The summed E-state index contributed by atoms with van der Waals surface area (Å²) in [5, 5.41) is 13.4. The van der Waals surface area contributed by atoms with Gasteiger partial charge in [0.05, 0.1) is 6.10 Å². The Labute approximate surface area is 136 Å². The van der Waals surface area contributed by atoms with Crippen LogP contribution in [0.2, 0.25) is 0 Å². The van der Waals surface area contributed by atoms with E-state index in [0.29, 0.717) is 12.0 Å². The largest absolute Gasteiger partial charge is 0.377 e. The third-order valence-electron chi connectivity index (χ3n) is 4.43. The molecule has 2 aliphatic heterocycles. The van der Waals surface area contributed by atoms with Crippen LogP contribution in [0.3, 0.4) is 0 Å². The molecule has 0 aromatic carbocycles. The standard InChI is InChI=1S/C16H26N4OS/c1-2-10-20-15(13-6-8-17-9-7-13)18-19-16(20)22-12-14-5-3-4-11-21-14/h2,13-14,17H,1,3-12H2/t14-/m1/s1. The first-order valence-electron chi connectivity index (χ1n) is 8.37. The van der Waals surface area contributed by atoms with Crippen molar-refractivity contribution in [3.05, 3.63) is 18.5 Å². The predicted octanol–water partition coefficient (Wildman–Crippen LogP) is 2.59. The molecule has 0 unspecified atom stereocenters. The molecule has 3 rings (SSSR count). The number of rotatable bonds is 6. The molecule has 1 aromatic heterocycles. The lowest BCUT2D eigenvalue weighted by atomic mass is 9.97. The Kier molecular flexibility index (Phi) is 5.92. The van der Waals surface area contributed by atoms with Gasteiger partial charge in [0.15, 0.2) is 5.16 Å². The van der Waals surface area contributed by atoms with Crippen molar-refractivity contribution in [2.75, 3.05) is 25.4 Å². The summed E-state index contributed by atoms with van der Waals surface area (Å²) in [5.41, 5.74) is 0. The zero-order valence-corrected chi connectivity index (χ0v) is 14.0. The molecule has 0 spiro atoms. The summed E-state index contributed by atoms with van der Waals surface area (Å²) in [5.74, 6) is 2.63. The van der Waals surface area contributed by atoms with Crippen molar-refractivity contribution in [2.45, 2.75) is 55.8 Å². The van der Waals surface area contributed by atoms with Crippen molar-refractivity contribution in [1.29, 1.82) is 0 Å². The van der Waals surface area contributed by atoms with Gasteiger partial charge in [0.2, 0.25) is 0 Å². The quantitative estimate of drug-likeness (QED) is 0.644. The minimum Gasteiger partial charge on any atom is -0.377 e. The van der Waals surface area contributed by atoms with Gasteiger partial charge in [-0.25, -0.2) is 0 Å². The lowest BCUT2D eigenvalue weighted by Crippen LogP contribution is -2.28. The second-order valence-electron chi connectivity index (χ2n) is 6.06. The van der Waals surface area contributed by atoms with Crippen molar-refractivity contribution >= 4 is 11.8 Å². The fourth-order valence-electron chi connectivity index (χ4n) is 3.20. The fourth-order valence-corrected chi connectivity index (χ4v) is 4.22. The van der Waals surface area contributed by atoms with Crippen LogP contribution in [-0.4, -0.2) is 46.3 Å². The molecule has 1 atom stereocenters. The van der Waals surface area contributed by atoms with Gasteiger partial charge in [-0.1, -0.05) is 17.8 Å². The van der Waals surface area contributed by atoms with Gasteiger partial charge in [-0.2, -0.15) is 0 Å². The maximum Gasteiger partial charge on any atom is 0.191 e. The molecule has 22 heavy (non-hydrogen) atoms. The SMILES string of the molecule is C=CCn1c(SC[C@H]2CCCCO2)nnc1C1CCNCC1. The van der Waals surface area contributed by atoms with E-state index in [1.807, 2.05) is 6.08 Å². The molecule has 0 amide bonds. The average molecular weight is 322 g/mol.